The Hall–Kier alpha value is -1.89. The first-order valence-electron chi connectivity index (χ1n) is 5.88. The summed E-state index contributed by atoms with van der Waals surface area (Å²) in [6.45, 7) is 1.77. The molecule has 2 aromatic rings. The van der Waals surface area contributed by atoms with E-state index in [1.807, 2.05) is 0 Å². The molecule has 110 valence electrons. The molecule has 3 nitrogen and oxygen atoms in total. The van der Waals surface area contributed by atoms with E-state index in [1.54, 1.807) is 19.1 Å². The second-order valence-electron chi connectivity index (χ2n) is 4.33. The Balaban J connectivity index is 2.26. The normalized spacial score (nSPS) is 11.3. The third-order valence-electron chi connectivity index (χ3n) is 2.72. The number of alkyl halides is 3. The molecule has 0 saturated heterocycles. The van der Waals surface area contributed by atoms with E-state index in [1.165, 1.54) is 12.3 Å². The van der Waals surface area contributed by atoms with Gasteiger partial charge in [0.1, 0.15) is 0 Å². The number of rotatable bonds is 2. The quantitative estimate of drug-likeness (QED) is 0.862. The molecule has 1 aromatic carbocycles. The number of hydrogen-bond donors (Lipinski definition) is 1. The first-order chi connectivity index (χ1) is 9.77. The van der Waals surface area contributed by atoms with Crippen molar-refractivity contribution in [3.8, 4) is 0 Å². The minimum Gasteiger partial charge on any atom is -0.321 e. The molecule has 1 heterocycles. The molecule has 0 bridgehead atoms. The van der Waals surface area contributed by atoms with E-state index in [0.29, 0.717) is 4.47 Å². The van der Waals surface area contributed by atoms with Gasteiger partial charge in [-0.15, -0.1) is 0 Å². The van der Waals surface area contributed by atoms with Gasteiger partial charge >= 0.3 is 6.18 Å². The molecule has 0 unspecified atom stereocenters. The maximum absolute atomic E-state index is 12.7. The molecular weight excluding hydrogens is 349 g/mol. The van der Waals surface area contributed by atoms with Gasteiger partial charge in [-0.3, -0.25) is 9.78 Å². The van der Waals surface area contributed by atoms with Crippen molar-refractivity contribution < 1.29 is 18.0 Å². The molecule has 0 aliphatic rings. The van der Waals surface area contributed by atoms with Gasteiger partial charge in [0.15, 0.2) is 0 Å². The standard InChI is InChI=1S/C14H10BrF3N2O/c1-8-2-3-9(7-19-8)13(21)20-12-6-10(14(16,17)18)4-5-11(12)15/h2-7H,1H3,(H,20,21). The fourth-order valence-electron chi connectivity index (χ4n) is 1.59. The number of amides is 1. The Morgan fingerprint density at radius 1 is 1.24 bits per heavy atom. The van der Waals surface area contributed by atoms with Gasteiger partial charge in [-0.05, 0) is 53.2 Å². The van der Waals surface area contributed by atoms with Gasteiger partial charge in [0, 0.05) is 16.4 Å². The van der Waals surface area contributed by atoms with Crippen LogP contribution < -0.4 is 5.32 Å². The van der Waals surface area contributed by atoms with Crippen molar-refractivity contribution in [2.24, 2.45) is 0 Å². The molecule has 0 atom stereocenters. The molecule has 2 rings (SSSR count). The van der Waals surface area contributed by atoms with Gasteiger partial charge in [0.2, 0.25) is 0 Å². The lowest BCUT2D eigenvalue weighted by Gasteiger charge is -2.11. The van der Waals surface area contributed by atoms with Crippen LogP contribution in [0.1, 0.15) is 21.6 Å². The van der Waals surface area contributed by atoms with Crippen molar-refractivity contribution in [1.29, 1.82) is 0 Å². The highest BCUT2D eigenvalue weighted by atomic mass is 79.9. The number of nitrogens with zero attached hydrogens (tertiary/aromatic N) is 1. The largest absolute Gasteiger partial charge is 0.416 e. The fraction of sp³-hybridized carbons (Fsp3) is 0.143. The summed E-state index contributed by atoms with van der Waals surface area (Å²) in [5.41, 5.74) is 0.232. The Morgan fingerprint density at radius 2 is 1.95 bits per heavy atom. The van der Waals surface area contributed by atoms with Crippen molar-refractivity contribution >= 4 is 27.5 Å². The molecule has 21 heavy (non-hydrogen) atoms. The van der Waals surface area contributed by atoms with Crippen molar-refractivity contribution in [2.45, 2.75) is 13.1 Å². The van der Waals surface area contributed by atoms with E-state index in [9.17, 15) is 18.0 Å². The number of carbonyl (C=O) groups excluding carboxylic acids is 1. The topological polar surface area (TPSA) is 42.0 Å². The molecule has 1 aromatic heterocycles. The van der Waals surface area contributed by atoms with Gasteiger partial charge in [-0.1, -0.05) is 0 Å². The number of anilines is 1. The Morgan fingerprint density at radius 3 is 2.52 bits per heavy atom. The number of aromatic nitrogens is 1. The zero-order valence-electron chi connectivity index (χ0n) is 10.8. The predicted octanol–water partition coefficient (Wildman–Crippen LogP) is 4.42. The first kappa shape index (κ1) is 15.5. The van der Waals surface area contributed by atoms with E-state index in [-0.39, 0.29) is 11.3 Å². The molecule has 0 saturated carbocycles. The van der Waals surface area contributed by atoms with Crippen LogP contribution in [0.2, 0.25) is 0 Å². The van der Waals surface area contributed by atoms with E-state index in [2.05, 4.69) is 26.2 Å². The van der Waals surface area contributed by atoms with Crippen molar-refractivity contribution in [1.82, 2.24) is 4.98 Å². The molecule has 0 spiro atoms. The van der Waals surface area contributed by atoms with Crippen LogP contribution in [-0.4, -0.2) is 10.9 Å². The monoisotopic (exact) mass is 358 g/mol. The molecular formula is C14H10BrF3N2O. The maximum atomic E-state index is 12.7. The van der Waals surface area contributed by atoms with Gasteiger partial charge in [0.05, 0.1) is 16.8 Å². The van der Waals surface area contributed by atoms with Crippen molar-refractivity contribution in [3.63, 3.8) is 0 Å². The van der Waals surface area contributed by atoms with Crippen molar-refractivity contribution in [2.75, 3.05) is 5.32 Å². The highest BCUT2D eigenvalue weighted by Crippen LogP contribution is 2.34. The fourth-order valence-corrected chi connectivity index (χ4v) is 1.94. The molecule has 7 heteroatoms. The van der Waals surface area contributed by atoms with E-state index in [4.69, 9.17) is 0 Å². The first-order valence-corrected chi connectivity index (χ1v) is 6.67. The summed E-state index contributed by atoms with van der Waals surface area (Å²) in [4.78, 5) is 16.0. The Labute approximate surface area is 127 Å². The third kappa shape index (κ3) is 3.81. The lowest BCUT2D eigenvalue weighted by Crippen LogP contribution is -2.14. The van der Waals surface area contributed by atoms with Gasteiger partial charge in [-0.25, -0.2) is 0 Å². The third-order valence-corrected chi connectivity index (χ3v) is 3.41. The molecule has 0 aliphatic heterocycles. The predicted molar refractivity (Wildman–Crippen MR) is 76.1 cm³/mol. The molecule has 0 aliphatic carbocycles. The Bertz CT molecular complexity index is 669. The summed E-state index contributed by atoms with van der Waals surface area (Å²) < 4.78 is 38.4. The van der Waals surface area contributed by atoms with Gasteiger partial charge < -0.3 is 5.32 Å². The molecule has 0 fully saturated rings. The van der Waals surface area contributed by atoms with E-state index in [0.717, 1.165) is 17.8 Å². The summed E-state index contributed by atoms with van der Waals surface area (Å²) in [5.74, 6) is -0.525. The maximum Gasteiger partial charge on any atom is 0.416 e. The minimum atomic E-state index is -4.47. The van der Waals surface area contributed by atoms with Gasteiger partial charge in [0.25, 0.3) is 5.91 Å². The number of benzene rings is 1. The number of aryl methyl sites for hydroxylation is 1. The number of halogens is 4. The van der Waals surface area contributed by atoms with Crippen LogP contribution in [0.3, 0.4) is 0 Å². The van der Waals surface area contributed by atoms with Crippen LogP contribution in [0.5, 0.6) is 0 Å². The summed E-state index contributed by atoms with van der Waals surface area (Å²) in [6, 6.07) is 6.26. The van der Waals surface area contributed by atoms with Gasteiger partial charge in [-0.2, -0.15) is 13.2 Å². The van der Waals surface area contributed by atoms with E-state index < -0.39 is 17.6 Å². The molecule has 1 amide bonds. The average Bonchev–Trinajstić information content (AvgIpc) is 2.40. The van der Waals surface area contributed by atoms with Crippen LogP contribution in [0.15, 0.2) is 41.0 Å². The summed E-state index contributed by atoms with van der Waals surface area (Å²) in [5, 5.41) is 2.43. The van der Waals surface area contributed by atoms with Crippen molar-refractivity contribution in [3.05, 3.63) is 57.8 Å². The molecule has 1 N–H and O–H groups in total. The average molecular weight is 359 g/mol. The van der Waals surface area contributed by atoms with Crippen LogP contribution >= 0.6 is 15.9 Å². The van der Waals surface area contributed by atoms with E-state index >= 15 is 0 Å². The number of carbonyl (C=O) groups is 1. The lowest BCUT2D eigenvalue weighted by molar-refractivity contribution is -0.137. The zero-order valence-corrected chi connectivity index (χ0v) is 12.4. The summed E-state index contributed by atoms with van der Waals surface area (Å²) in [6.07, 6.45) is -3.10. The number of pyridine rings is 1. The SMILES string of the molecule is Cc1ccc(C(=O)Nc2cc(C(F)(F)F)ccc2Br)cn1. The second-order valence-corrected chi connectivity index (χ2v) is 5.19. The second kappa shape index (κ2) is 5.85. The number of nitrogens with one attached hydrogen (secondary N) is 1. The minimum absolute atomic E-state index is 0.0513. The van der Waals surface area contributed by atoms with Crippen LogP contribution in [0.25, 0.3) is 0 Å². The highest BCUT2D eigenvalue weighted by Gasteiger charge is 2.31. The summed E-state index contributed by atoms with van der Waals surface area (Å²) in [7, 11) is 0. The smallest absolute Gasteiger partial charge is 0.321 e. The molecule has 0 radical (unpaired) electrons. The summed E-state index contributed by atoms with van der Waals surface area (Å²) >= 11 is 3.11. The van der Waals surface area contributed by atoms with Crippen LogP contribution in [0.4, 0.5) is 18.9 Å². The zero-order chi connectivity index (χ0) is 15.6. The van der Waals surface area contributed by atoms with Crippen LogP contribution in [-0.2, 0) is 6.18 Å². The lowest BCUT2D eigenvalue weighted by atomic mass is 10.2. The number of hydrogen-bond acceptors (Lipinski definition) is 2. The highest BCUT2D eigenvalue weighted by molar-refractivity contribution is 9.10. The Kier molecular flexibility index (Phi) is 4.32. The van der Waals surface area contributed by atoms with Crippen LogP contribution in [0, 0.1) is 6.92 Å².